The van der Waals surface area contributed by atoms with E-state index in [-0.39, 0.29) is 18.4 Å². The minimum Gasteiger partial charge on any atom is -0.387 e. The van der Waals surface area contributed by atoms with Crippen LogP contribution in [0.15, 0.2) is 0 Å². The van der Waals surface area contributed by atoms with Crippen LogP contribution in [0.2, 0.25) is 0 Å². The second-order valence-corrected chi connectivity index (χ2v) is 8.37. The fourth-order valence-electron chi connectivity index (χ4n) is 4.42. The van der Waals surface area contributed by atoms with Crippen LogP contribution in [0.3, 0.4) is 0 Å². The average molecular weight is 402 g/mol. The van der Waals surface area contributed by atoms with Crippen molar-refractivity contribution in [2.75, 3.05) is 53.6 Å². The molecule has 3 heterocycles. The number of aliphatic hydroxyl groups excluding tert-OH is 2. The van der Waals surface area contributed by atoms with Gasteiger partial charge in [-0.3, -0.25) is 15.5 Å². The largest absolute Gasteiger partial charge is 0.387 e. The molecule has 0 aliphatic carbocycles. The molecule has 3 unspecified atom stereocenters. The maximum absolute atomic E-state index is 10.7. The van der Waals surface area contributed by atoms with E-state index in [9.17, 15) is 10.2 Å². The van der Waals surface area contributed by atoms with E-state index < -0.39 is 24.5 Å². The van der Waals surface area contributed by atoms with Gasteiger partial charge in [-0.2, -0.15) is 0 Å². The zero-order valence-electron chi connectivity index (χ0n) is 17.4. The molecular formula is C18H39N7O3. The summed E-state index contributed by atoms with van der Waals surface area (Å²) in [5.74, 6) is 0. The maximum atomic E-state index is 10.7. The normalized spacial score (nSPS) is 39.8. The van der Waals surface area contributed by atoms with E-state index in [0.29, 0.717) is 19.9 Å². The van der Waals surface area contributed by atoms with Crippen molar-refractivity contribution >= 4 is 0 Å². The highest BCUT2D eigenvalue weighted by Gasteiger charge is 2.52. The van der Waals surface area contributed by atoms with Crippen LogP contribution in [0.5, 0.6) is 0 Å². The van der Waals surface area contributed by atoms with Crippen molar-refractivity contribution in [2.24, 2.45) is 5.73 Å². The molecule has 0 bridgehead atoms. The third-order valence-corrected chi connectivity index (χ3v) is 6.12. The predicted molar refractivity (Wildman–Crippen MR) is 107 cm³/mol. The fraction of sp³-hybridized carbons (Fsp3) is 1.00. The van der Waals surface area contributed by atoms with Gasteiger partial charge in [0.05, 0.1) is 31.7 Å². The Morgan fingerprint density at radius 3 is 2.75 bits per heavy atom. The molecule has 3 fully saturated rings. The van der Waals surface area contributed by atoms with Gasteiger partial charge < -0.3 is 30.9 Å². The van der Waals surface area contributed by atoms with Crippen molar-refractivity contribution in [3.05, 3.63) is 0 Å². The van der Waals surface area contributed by atoms with E-state index in [0.717, 1.165) is 19.6 Å². The van der Waals surface area contributed by atoms with E-state index >= 15 is 0 Å². The topological polar surface area (TPSA) is 122 Å². The second kappa shape index (κ2) is 10.1. The van der Waals surface area contributed by atoms with E-state index in [1.54, 1.807) is 0 Å². The van der Waals surface area contributed by atoms with Crippen LogP contribution in [-0.2, 0) is 4.74 Å². The van der Waals surface area contributed by atoms with Gasteiger partial charge in [0.2, 0.25) is 0 Å². The first kappa shape index (κ1) is 22.3. The Morgan fingerprint density at radius 2 is 2.00 bits per heavy atom. The van der Waals surface area contributed by atoms with Crippen molar-refractivity contribution in [1.29, 1.82) is 0 Å². The lowest BCUT2D eigenvalue weighted by atomic mass is 10.1. The Balaban J connectivity index is 1.52. The number of nitrogens with zero attached hydrogens (tertiary/aromatic N) is 3. The standard InChI is InChI=1S/C18H39N7O3/c1-4-5-6-20-7-8-23(2)9-12-14(26)15(27)18(28-12)25-11-21-13-16(19)22-10-24(3)17(13)25/h12-18,20-22,26-27H,4-11,19H2,1-3H3/t12-,13?,14-,15-,16?,17?,18-/m1/s1. The number of rotatable bonds is 9. The molecule has 10 heteroatoms. The molecule has 0 aromatic carbocycles. The van der Waals surface area contributed by atoms with Gasteiger partial charge in [-0.15, -0.1) is 0 Å². The van der Waals surface area contributed by atoms with E-state index in [4.69, 9.17) is 10.5 Å². The van der Waals surface area contributed by atoms with Gasteiger partial charge >= 0.3 is 0 Å². The van der Waals surface area contributed by atoms with Crippen LogP contribution >= 0.6 is 0 Å². The number of unbranched alkanes of at least 4 members (excludes halogenated alkanes) is 1. The number of nitrogens with one attached hydrogen (secondary N) is 3. The summed E-state index contributed by atoms with van der Waals surface area (Å²) in [7, 11) is 4.04. The maximum Gasteiger partial charge on any atom is 0.142 e. The van der Waals surface area contributed by atoms with E-state index in [1.165, 1.54) is 12.8 Å². The number of hydrogen-bond acceptors (Lipinski definition) is 10. The first-order valence-electron chi connectivity index (χ1n) is 10.5. The number of likely N-dealkylation sites (N-methyl/N-ethyl adjacent to an activating group) is 2. The highest BCUT2D eigenvalue weighted by Crippen LogP contribution is 2.30. The first-order valence-corrected chi connectivity index (χ1v) is 10.5. The molecule has 10 nitrogen and oxygen atoms in total. The van der Waals surface area contributed by atoms with Crippen molar-refractivity contribution < 1.29 is 14.9 Å². The molecule has 0 radical (unpaired) electrons. The molecule has 0 spiro atoms. The number of ether oxygens (including phenoxy) is 1. The molecular weight excluding hydrogens is 362 g/mol. The van der Waals surface area contributed by atoms with Crippen LogP contribution in [0.1, 0.15) is 19.8 Å². The van der Waals surface area contributed by atoms with Gasteiger partial charge in [0.15, 0.2) is 0 Å². The highest BCUT2D eigenvalue weighted by molar-refractivity contribution is 5.02. The molecule has 0 aromatic heterocycles. The lowest BCUT2D eigenvalue weighted by Crippen LogP contribution is -2.68. The SMILES string of the molecule is CCCCNCCN(C)C[C@H]1O[C@@H](N2CNC3C(N)NCN(C)C32)[C@H](O)[C@@H]1O. The minimum absolute atomic E-state index is 0.0161. The van der Waals surface area contributed by atoms with Crippen LogP contribution in [-0.4, -0.2) is 121 Å². The average Bonchev–Trinajstić information content (AvgIpc) is 3.23. The molecule has 164 valence electrons. The lowest BCUT2D eigenvalue weighted by Gasteiger charge is -2.43. The van der Waals surface area contributed by atoms with Crippen LogP contribution in [0.25, 0.3) is 0 Å². The summed E-state index contributed by atoms with van der Waals surface area (Å²) >= 11 is 0. The van der Waals surface area contributed by atoms with E-state index in [1.807, 2.05) is 14.1 Å². The summed E-state index contributed by atoms with van der Waals surface area (Å²) in [4.78, 5) is 6.36. The van der Waals surface area contributed by atoms with Crippen molar-refractivity contribution in [2.45, 2.75) is 62.7 Å². The Labute approximate surface area is 168 Å². The molecule has 3 saturated heterocycles. The molecule has 0 aromatic rings. The van der Waals surface area contributed by atoms with Gasteiger partial charge in [-0.1, -0.05) is 13.3 Å². The molecule has 28 heavy (non-hydrogen) atoms. The van der Waals surface area contributed by atoms with Gasteiger partial charge in [-0.05, 0) is 27.1 Å². The zero-order valence-corrected chi connectivity index (χ0v) is 17.4. The molecule has 7 N–H and O–H groups in total. The first-order chi connectivity index (χ1) is 13.4. The highest BCUT2D eigenvalue weighted by atomic mass is 16.6. The summed E-state index contributed by atoms with van der Waals surface area (Å²) in [6.45, 7) is 6.80. The minimum atomic E-state index is -0.943. The van der Waals surface area contributed by atoms with Gasteiger partial charge in [0, 0.05) is 19.6 Å². The molecule has 0 saturated carbocycles. The van der Waals surface area contributed by atoms with Crippen molar-refractivity contribution in [3.8, 4) is 0 Å². The molecule has 3 aliphatic heterocycles. The molecule has 0 amide bonds. The summed E-state index contributed by atoms with van der Waals surface area (Å²) in [5, 5.41) is 31.3. The predicted octanol–water partition coefficient (Wildman–Crippen LogP) is -2.91. The van der Waals surface area contributed by atoms with Crippen molar-refractivity contribution in [3.63, 3.8) is 0 Å². The monoisotopic (exact) mass is 401 g/mol. The third-order valence-electron chi connectivity index (χ3n) is 6.12. The molecule has 3 rings (SSSR count). The molecule has 3 aliphatic rings. The number of hydrogen-bond donors (Lipinski definition) is 6. The smallest absolute Gasteiger partial charge is 0.142 e. The summed E-state index contributed by atoms with van der Waals surface area (Å²) in [6.07, 6.45) is -0.581. The Morgan fingerprint density at radius 1 is 1.21 bits per heavy atom. The number of aliphatic hydroxyl groups is 2. The number of fused-ring (bicyclic) bond motifs is 1. The van der Waals surface area contributed by atoms with Gasteiger partial charge in [0.1, 0.15) is 24.5 Å². The van der Waals surface area contributed by atoms with Crippen LogP contribution < -0.4 is 21.7 Å². The molecule has 7 atom stereocenters. The Hall–Kier alpha value is -0.400. The van der Waals surface area contributed by atoms with Gasteiger partial charge in [0.25, 0.3) is 0 Å². The summed E-state index contributed by atoms with van der Waals surface area (Å²) in [5.41, 5.74) is 6.18. The second-order valence-electron chi connectivity index (χ2n) is 8.37. The van der Waals surface area contributed by atoms with Crippen LogP contribution in [0.4, 0.5) is 0 Å². The van der Waals surface area contributed by atoms with Crippen molar-refractivity contribution in [1.82, 2.24) is 30.7 Å². The third kappa shape index (κ3) is 4.84. The Bertz CT molecular complexity index is 488. The number of nitrogens with two attached hydrogens (primary N) is 1. The summed E-state index contributed by atoms with van der Waals surface area (Å²) in [6, 6.07) is 0.0441. The fourth-order valence-corrected chi connectivity index (χ4v) is 4.42. The lowest BCUT2D eigenvalue weighted by molar-refractivity contribution is -0.126. The quantitative estimate of drug-likeness (QED) is 0.224. The zero-order chi connectivity index (χ0) is 20.3. The van der Waals surface area contributed by atoms with Crippen LogP contribution in [0, 0.1) is 0 Å². The van der Waals surface area contributed by atoms with E-state index in [2.05, 4.69) is 37.6 Å². The summed E-state index contributed by atoms with van der Waals surface area (Å²) < 4.78 is 6.15. The van der Waals surface area contributed by atoms with Gasteiger partial charge in [-0.25, -0.2) is 4.90 Å². The Kier molecular flexibility index (Phi) is 8.02.